The first-order valence-electron chi connectivity index (χ1n) is 6.76. The van der Waals surface area contributed by atoms with Crippen LogP contribution in [0.3, 0.4) is 0 Å². The molecule has 0 radical (unpaired) electrons. The Morgan fingerprint density at radius 1 is 1.45 bits per heavy atom. The molecule has 0 aliphatic carbocycles. The predicted molar refractivity (Wildman–Crippen MR) is 77.7 cm³/mol. The van der Waals surface area contributed by atoms with Crippen LogP contribution in [0.5, 0.6) is 0 Å². The lowest BCUT2D eigenvalue weighted by molar-refractivity contribution is -0.144. The van der Waals surface area contributed by atoms with Gasteiger partial charge in [-0.15, -0.1) is 0 Å². The quantitative estimate of drug-likeness (QED) is 0.828. The van der Waals surface area contributed by atoms with Crippen molar-refractivity contribution in [2.24, 2.45) is 0 Å². The van der Waals surface area contributed by atoms with Crippen molar-refractivity contribution in [2.75, 3.05) is 17.2 Å². The largest absolute Gasteiger partial charge is 0.466 e. The Hall–Kier alpha value is -2.04. The highest BCUT2D eigenvalue weighted by molar-refractivity contribution is 5.89. The van der Waals surface area contributed by atoms with Gasteiger partial charge in [-0.1, -0.05) is 0 Å². The number of fused-ring (bicyclic) bond motifs is 1. The molecule has 0 bridgehead atoms. The van der Waals surface area contributed by atoms with Crippen molar-refractivity contribution in [3.05, 3.63) is 23.8 Å². The lowest BCUT2D eigenvalue weighted by Gasteiger charge is -2.23. The highest BCUT2D eigenvalue weighted by Gasteiger charge is 2.34. The second-order valence-electron chi connectivity index (χ2n) is 5.40. The third kappa shape index (κ3) is 3.29. The van der Waals surface area contributed by atoms with Gasteiger partial charge >= 0.3 is 5.97 Å². The van der Waals surface area contributed by atoms with Crippen LogP contribution in [0.4, 0.5) is 11.4 Å². The summed E-state index contributed by atoms with van der Waals surface area (Å²) in [5, 5.41) is 6.13. The molecule has 20 heavy (non-hydrogen) atoms. The van der Waals surface area contributed by atoms with Crippen molar-refractivity contribution in [1.29, 1.82) is 0 Å². The molecule has 0 spiro atoms. The molecule has 1 heterocycles. The summed E-state index contributed by atoms with van der Waals surface area (Å²) in [7, 11) is 0. The Morgan fingerprint density at radius 2 is 2.20 bits per heavy atom. The van der Waals surface area contributed by atoms with Crippen molar-refractivity contribution in [1.82, 2.24) is 0 Å². The fourth-order valence-electron chi connectivity index (χ4n) is 2.57. The SMILES string of the molecule is CCOC(=O)CC1(C)Cc2cc(NC(C)=O)ccc2N1. The molecule has 5 nitrogen and oxygen atoms in total. The number of carbonyl (C=O) groups is 2. The summed E-state index contributed by atoms with van der Waals surface area (Å²) in [5.41, 5.74) is 2.55. The highest BCUT2D eigenvalue weighted by Crippen LogP contribution is 2.36. The topological polar surface area (TPSA) is 67.4 Å². The standard InChI is InChI=1S/C15H20N2O3/c1-4-20-14(19)9-15(3)8-11-7-12(16-10(2)18)5-6-13(11)17-15/h5-7,17H,4,8-9H2,1-3H3,(H,16,18). The summed E-state index contributed by atoms with van der Waals surface area (Å²) in [4.78, 5) is 22.7. The molecule has 1 aliphatic rings. The average Bonchev–Trinajstić information content (AvgIpc) is 2.63. The van der Waals surface area contributed by atoms with Crippen molar-refractivity contribution in [2.45, 2.75) is 39.2 Å². The number of amides is 1. The number of ether oxygens (including phenoxy) is 1. The van der Waals surface area contributed by atoms with Gasteiger partial charge in [-0.25, -0.2) is 0 Å². The van der Waals surface area contributed by atoms with Gasteiger partial charge in [-0.2, -0.15) is 0 Å². The van der Waals surface area contributed by atoms with Gasteiger partial charge in [0.1, 0.15) is 0 Å². The molecule has 0 fully saturated rings. The van der Waals surface area contributed by atoms with Crippen molar-refractivity contribution >= 4 is 23.3 Å². The van der Waals surface area contributed by atoms with Gasteiger partial charge in [-0.05, 0) is 44.0 Å². The predicted octanol–water partition coefficient (Wildman–Crippen LogP) is 2.32. The fraction of sp³-hybridized carbons (Fsp3) is 0.467. The number of anilines is 2. The molecule has 108 valence electrons. The van der Waals surface area contributed by atoms with E-state index < -0.39 is 0 Å². The monoisotopic (exact) mass is 276 g/mol. The van der Waals surface area contributed by atoms with Crippen LogP contribution >= 0.6 is 0 Å². The van der Waals surface area contributed by atoms with Gasteiger partial charge in [0, 0.05) is 23.8 Å². The Morgan fingerprint density at radius 3 is 2.85 bits per heavy atom. The third-order valence-electron chi connectivity index (χ3n) is 3.28. The maximum absolute atomic E-state index is 11.6. The first kappa shape index (κ1) is 14.4. The van der Waals surface area contributed by atoms with E-state index >= 15 is 0 Å². The molecule has 0 saturated heterocycles. The van der Waals surface area contributed by atoms with Gasteiger partial charge in [0.2, 0.25) is 5.91 Å². The smallest absolute Gasteiger partial charge is 0.308 e. The van der Waals surface area contributed by atoms with Gasteiger partial charge in [0.15, 0.2) is 0 Å². The molecule has 5 heteroatoms. The lowest BCUT2D eigenvalue weighted by Crippen LogP contribution is -2.35. The van der Waals surface area contributed by atoms with E-state index in [-0.39, 0.29) is 17.4 Å². The molecule has 1 aromatic carbocycles. The highest BCUT2D eigenvalue weighted by atomic mass is 16.5. The summed E-state index contributed by atoms with van der Waals surface area (Å²) in [6, 6.07) is 5.72. The zero-order valence-corrected chi connectivity index (χ0v) is 12.1. The summed E-state index contributed by atoms with van der Waals surface area (Å²) < 4.78 is 5.01. The Bertz CT molecular complexity index is 542. The Kier molecular flexibility index (Phi) is 3.97. The Labute approximate surface area is 118 Å². The van der Waals surface area contributed by atoms with Crippen LogP contribution in [-0.4, -0.2) is 24.0 Å². The number of benzene rings is 1. The van der Waals surface area contributed by atoms with Crippen LogP contribution in [0.1, 0.15) is 32.8 Å². The molecular weight excluding hydrogens is 256 g/mol. The molecule has 1 unspecified atom stereocenters. The maximum Gasteiger partial charge on any atom is 0.308 e. The molecule has 1 amide bonds. The first-order valence-corrected chi connectivity index (χ1v) is 6.76. The molecule has 0 saturated carbocycles. The zero-order valence-electron chi connectivity index (χ0n) is 12.1. The minimum absolute atomic E-state index is 0.0924. The van der Waals surface area contributed by atoms with Gasteiger partial charge < -0.3 is 15.4 Å². The van der Waals surface area contributed by atoms with Crippen LogP contribution < -0.4 is 10.6 Å². The van der Waals surface area contributed by atoms with Crippen LogP contribution in [0, 0.1) is 0 Å². The summed E-state index contributed by atoms with van der Waals surface area (Å²) >= 11 is 0. The summed E-state index contributed by atoms with van der Waals surface area (Å²) in [6.45, 7) is 5.68. The second kappa shape index (κ2) is 5.53. The van der Waals surface area contributed by atoms with E-state index in [1.54, 1.807) is 6.92 Å². The van der Waals surface area contributed by atoms with Crippen molar-refractivity contribution in [3.8, 4) is 0 Å². The van der Waals surface area contributed by atoms with Crippen molar-refractivity contribution in [3.63, 3.8) is 0 Å². The van der Waals surface area contributed by atoms with E-state index in [2.05, 4.69) is 10.6 Å². The molecule has 2 rings (SSSR count). The van der Waals surface area contributed by atoms with Crippen molar-refractivity contribution < 1.29 is 14.3 Å². The molecule has 1 atom stereocenters. The van der Waals surface area contributed by atoms with Crippen LogP contribution in [0.25, 0.3) is 0 Å². The fourth-order valence-corrected chi connectivity index (χ4v) is 2.57. The van der Waals surface area contributed by atoms with Gasteiger partial charge in [0.25, 0.3) is 0 Å². The normalized spacial score (nSPS) is 19.9. The average molecular weight is 276 g/mol. The van der Waals surface area contributed by atoms with Gasteiger partial charge in [0.05, 0.1) is 13.0 Å². The number of rotatable bonds is 4. The number of hydrogen-bond donors (Lipinski definition) is 2. The number of hydrogen-bond acceptors (Lipinski definition) is 4. The number of carbonyl (C=O) groups excluding carboxylic acids is 2. The van der Waals surface area contributed by atoms with E-state index in [0.29, 0.717) is 13.0 Å². The Balaban J connectivity index is 2.10. The molecular formula is C15H20N2O3. The zero-order chi connectivity index (χ0) is 14.8. The number of nitrogens with one attached hydrogen (secondary N) is 2. The molecule has 1 aliphatic heterocycles. The molecule has 1 aromatic rings. The van der Waals surface area contributed by atoms with Gasteiger partial charge in [-0.3, -0.25) is 9.59 Å². The lowest BCUT2D eigenvalue weighted by atomic mass is 9.94. The summed E-state index contributed by atoms with van der Waals surface area (Å²) in [6.07, 6.45) is 1.06. The first-order chi connectivity index (χ1) is 9.42. The van der Waals surface area contributed by atoms with E-state index in [1.165, 1.54) is 6.92 Å². The maximum atomic E-state index is 11.6. The molecule has 2 N–H and O–H groups in total. The minimum atomic E-state index is -0.330. The number of esters is 1. The van der Waals surface area contributed by atoms with Crippen LogP contribution in [0.15, 0.2) is 18.2 Å². The van der Waals surface area contributed by atoms with E-state index in [9.17, 15) is 9.59 Å². The van der Waals surface area contributed by atoms with Crippen LogP contribution in [0.2, 0.25) is 0 Å². The van der Waals surface area contributed by atoms with Crippen LogP contribution in [-0.2, 0) is 20.7 Å². The van der Waals surface area contributed by atoms with E-state index in [1.807, 2.05) is 25.1 Å². The second-order valence-corrected chi connectivity index (χ2v) is 5.40. The third-order valence-corrected chi connectivity index (χ3v) is 3.28. The van der Waals surface area contributed by atoms with E-state index in [4.69, 9.17) is 4.74 Å². The molecule has 0 aromatic heterocycles. The summed E-state index contributed by atoms with van der Waals surface area (Å²) in [5.74, 6) is -0.289. The van der Waals surface area contributed by atoms with E-state index in [0.717, 1.165) is 23.4 Å². The minimum Gasteiger partial charge on any atom is -0.466 e.